The third-order valence-electron chi connectivity index (χ3n) is 4.63. The molecule has 1 aliphatic carbocycles. The number of rotatable bonds is 5. The van der Waals surface area contributed by atoms with Crippen LogP contribution >= 0.6 is 0 Å². The Labute approximate surface area is 156 Å². The number of H-pyrrole nitrogens is 1. The van der Waals surface area contributed by atoms with E-state index in [4.69, 9.17) is 4.74 Å². The van der Waals surface area contributed by atoms with Gasteiger partial charge in [-0.3, -0.25) is 5.10 Å². The summed E-state index contributed by atoms with van der Waals surface area (Å²) in [5.74, 6) is 2.76. The number of hydrogen-bond acceptors (Lipinski definition) is 5. The van der Waals surface area contributed by atoms with E-state index >= 15 is 0 Å². The lowest BCUT2D eigenvalue weighted by Crippen LogP contribution is -2.00. The molecular weight excluding hydrogens is 338 g/mol. The molecule has 134 valence electrons. The molecule has 4 aromatic rings. The maximum absolute atomic E-state index is 5.91. The van der Waals surface area contributed by atoms with Gasteiger partial charge in [-0.1, -0.05) is 30.3 Å². The molecule has 1 saturated carbocycles. The first kappa shape index (κ1) is 15.8. The molecule has 2 aromatic heterocycles. The Morgan fingerprint density at radius 2 is 1.81 bits per heavy atom. The maximum atomic E-state index is 5.91. The van der Waals surface area contributed by atoms with Gasteiger partial charge in [0.25, 0.3) is 0 Å². The van der Waals surface area contributed by atoms with Crippen LogP contribution in [0.4, 0.5) is 11.6 Å². The van der Waals surface area contributed by atoms with Gasteiger partial charge in [-0.25, -0.2) is 4.98 Å². The summed E-state index contributed by atoms with van der Waals surface area (Å²) >= 11 is 0. The predicted molar refractivity (Wildman–Crippen MR) is 105 cm³/mol. The van der Waals surface area contributed by atoms with Crippen molar-refractivity contribution in [3.63, 3.8) is 0 Å². The van der Waals surface area contributed by atoms with Crippen LogP contribution in [0.1, 0.15) is 30.1 Å². The lowest BCUT2D eigenvalue weighted by atomic mass is 10.1. The minimum absolute atomic E-state index is 0.311. The van der Waals surface area contributed by atoms with E-state index in [-0.39, 0.29) is 0 Å². The summed E-state index contributed by atoms with van der Waals surface area (Å²) in [6, 6.07) is 18.3. The van der Waals surface area contributed by atoms with Crippen LogP contribution in [-0.4, -0.2) is 20.2 Å². The number of anilines is 2. The van der Waals surface area contributed by atoms with Gasteiger partial charge in [-0.05, 0) is 42.7 Å². The zero-order chi connectivity index (χ0) is 18.2. The van der Waals surface area contributed by atoms with Crippen LogP contribution in [-0.2, 0) is 0 Å². The normalized spacial score (nSPS) is 13.7. The fourth-order valence-corrected chi connectivity index (χ4v) is 3.12. The molecule has 1 fully saturated rings. The molecule has 5 rings (SSSR count). The summed E-state index contributed by atoms with van der Waals surface area (Å²) in [7, 11) is 0. The van der Waals surface area contributed by atoms with Crippen LogP contribution in [0.25, 0.3) is 10.8 Å². The minimum atomic E-state index is 0.311. The number of benzene rings is 2. The predicted octanol–water partition coefficient (Wildman–Crippen LogP) is 5.07. The molecule has 0 aliphatic heterocycles. The Morgan fingerprint density at radius 3 is 2.67 bits per heavy atom. The van der Waals surface area contributed by atoms with Gasteiger partial charge >= 0.3 is 6.01 Å². The molecular formula is C21H19N5O. The highest BCUT2D eigenvalue weighted by molar-refractivity contribution is 5.83. The number of aromatic amines is 1. The highest BCUT2D eigenvalue weighted by Crippen LogP contribution is 2.39. The molecule has 1 aliphatic rings. The summed E-state index contributed by atoms with van der Waals surface area (Å²) in [4.78, 5) is 8.87. The third kappa shape index (κ3) is 3.46. The van der Waals surface area contributed by atoms with Gasteiger partial charge < -0.3 is 10.1 Å². The smallest absolute Gasteiger partial charge is 0.324 e. The van der Waals surface area contributed by atoms with E-state index in [1.54, 1.807) is 0 Å². The topological polar surface area (TPSA) is 75.7 Å². The second kappa shape index (κ2) is 6.39. The van der Waals surface area contributed by atoms with Crippen LogP contribution in [0.15, 0.2) is 54.6 Å². The minimum Gasteiger partial charge on any atom is -0.424 e. The molecule has 0 atom stereocenters. The maximum Gasteiger partial charge on any atom is 0.324 e. The second-order valence-electron chi connectivity index (χ2n) is 6.90. The van der Waals surface area contributed by atoms with Crippen molar-refractivity contribution < 1.29 is 4.74 Å². The molecule has 2 N–H and O–H groups in total. The summed E-state index contributed by atoms with van der Waals surface area (Å²) in [5, 5.41) is 12.9. The van der Waals surface area contributed by atoms with Crippen molar-refractivity contribution >= 4 is 22.4 Å². The number of ether oxygens (including phenoxy) is 1. The number of aryl methyl sites for hydroxylation is 1. The molecule has 6 heteroatoms. The van der Waals surface area contributed by atoms with Gasteiger partial charge in [0.15, 0.2) is 5.82 Å². The first-order chi connectivity index (χ1) is 13.2. The van der Waals surface area contributed by atoms with Crippen LogP contribution in [0, 0.1) is 6.92 Å². The van der Waals surface area contributed by atoms with Gasteiger partial charge in [0.2, 0.25) is 0 Å². The molecule has 2 aromatic carbocycles. The van der Waals surface area contributed by atoms with Gasteiger partial charge in [0.1, 0.15) is 11.6 Å². The van der Waals surface area contributed by atoms with Crippen molar-refractivity contribution in [2.24, 2.45) is 0 Å². The lowest BCUT2D eigenvalue weighted by Gasteiger charge is -2.08. The van der Waals surface area contributed by atoms with Crippen molar-refractivity contribution in [3.05, 3.63) is 66.0 Å². The largest absolute Gasteiger partial charge is 0.424 e. The Morgan fingerprint density at radius 1 is 0.963 bits per heavy atom. The highest BCUT2D eigenvalue weighted by Gasteiger charge is 2.25. The zero-order valence-corrected chi connectivity index (χ0v) is 14.9. The molecule has 6 nitrogen and oxygen atoms in total. The highest BCUT2D eigenvalue weighted by atomic mass is 16.5. The fraction of sp³-hybridized carbons (Fsp3) is 0.190. The zero-order valence-electron chi connectivity index (χ0n) is 14.9. The van der Waals surface area contributed by atoms with Crippen molar-refractivity contribution in [3.8, 4) is 11.8 Å². The van der Waals surface area contributed by atoms with E-state index in [1.807, 2.05) is 49.4 Å². The Balaban J connectivity index is 1.38. The monoisotopic (exact) mass is 357 g/mol. The van der Waals surface area contributed by atoms with Crippen LogP contribution in [0.5, 0.6) is 11.8 Å². The molecule has 0 saturated heterocycles. The molecule has 0 amide bonds. The average Bonchev–Trinajstić information content (AvgIpc) is 3.41. The summed E-state index contributed by atoms with van der Waals surface area (Å²) in [6.45, 7) is 1.92. The molecule has 0 bridgehead atoms. The number of nitrogens with one attached hydrogen (secondary N) is 2. The number of aromatic nitrogens is 4. The van der Waals surface area contributed by atoms with E-state index < -0.39 is 0 Å². The third-order valence-corrected chi connectivity index (χ3v) is 4.63. The summed E-state index contributed by atoms with van der Waals surface area (Å²) < 4.78 is 5.91. The van der Waals surface area contributed by atoms with E-state index in [0.717, 1.165) is 16.9 Å². The van der Waals surface area contributed by atoms with Gasteiger partial charge in [0, 0.05) is 29.4 Å². The van der Waals surface area contributed by atoms with E-state index in [0.29, 0.717) is 23.5 Å². The van der Waals surface area contributed by atoms with Crippen molar-refractivity contribution in [1.29, 1.82) is 0 Å². The molecule has 0 radical (unpaired) electrons. The van der Waals surface area contributed by atoms with Crippen LogP contribution in [0.2, 0.25) is 0 Å². The number of nitrogens with zero attached hydrogens (tertiary/aromatic N) is 3. The summed E-state index contributed by atoms with van der Waals surface area (Å²) in [5.41, 5.74) is 2.00. The Hall–Kier alpha value is -3.41. The Kier molecular flexibility index (Phi) is 3.74. The fourth-order valence-electron chi connectivity index (χ4n) is 3.12. The van der Waals surface area contributed by atoms with Crippen LogP contribution in [0.3, 0.4) is 0 Å². The molecule has 0 unspecified atom stereocenters. The SMILES string of the molecule is Cc1cc(Nc2cc(C3CC3)[nH]n2)nc(Oc2ccc3ccccc3c2)n1. The van der Waals surface area contributed by atoms with Crippen LogP contribution < -0.4 is 10.1 Å². The average molecular weight is 357 g/mol. The number of hydrogen-bond donors (Lipinski definition) is 2. The standard InChI is InChI=1S/C21H19N5O/c1-13-10-19(23-20-12-18(25-26-20)15-6-7-15)24-21(22-13)27-17-9-8-14-4-2-3-5-16(14)11-17/h2-5,8-12,15H,6-7H2,1H3,(H2,22,23,24,25,26). The van der Waals surface area contributed by atoms with Gasteiger partial charge in [-0.15, -0.1) is 0 Å². The van der Waals surface area contributed by atoms with E-state index in [1.165, 1.54) is 23.9 Å². The van der Waals surface area contributed by atoms with Crippen molar-refractivity contribution in [2.45, 2.75) is 25.7 Å². The first-order valence-electron chi connectivity index (χ1n) is 9.08. The van der Waals surface area contributed by atoms with Crippen molar-refractivity contribution in [1.82, 2.24) is 20.2 Å². The van der Waals surface area contributed by atoms with Gasteiger partial charge in [0.05, 0.1) is 0 Å². The van der Waals surface area contributed by atoms with Crippen molar-refractivity contribution in [2.75, 3.05) is 5.32 Å². The second-order valence-corrected chi connectivity index (χ2v) is 6.90. The quantitative estimate of drug-likeness (QED) is 0.521. The number of fused-ring (bicyclic) bond motifs is 1. The summed E-state index contributed by atoms with van der Waals surface area (Å²) in [6.07, 6.45) is 2.47. The molecule has 27 heavy (non-hydrogen) atoms. The van der Waals surface area contributed by atoms with E-state index in [9.17, 15) is 0 Å². The molecule has 2 heterocycles. The van der Waals surface area contributed by atoms with E-state index in [2.05, 4.69) is 37.6 Å². The van der Waals surface area contributed by atoms with Gasteiger partial charge in [-0.2, -0.15) is 10.1 Å². The lowest BCUT2D eigenvalue weighted by molar-refractivity contribution is 0.442. The Bertz CT molecular complexity index is 1120. The first-order valence-corrected chi connectivity index (χ1v) is 9.08. The molecule has 0 spiro atoms.